The Kier molecular flexibility index (Phi) is 7.21. The van der Waals surface area contributed by atoms with Gasteiger partial charge in [-0.3, -0.25) is 9.78 Å². The van der Waals surface area contributed by atoms with Gasteiger partial charge in [0.05, 0.1) is 22.0 Å². The summed E-state index contributed by atoms with van der Waals surface area (Å²) in [5, 5.41) is 13.9. The molecule has 3 N–H and O–H groups in total. The van der Waals surface area contributed by atoms with E-state index in [2.05, 4.69) is 20.3 Å². The van der Waals surface area contributed by atoms with Crippen LogP contribution in [-0.2, 0) is 0 Å². The number of nitrogens with one attached hydrogen (secondary N) is 2. The molecule has 0 aliphatic heterocycles. The maximum absolute atomic E-state index is 15.3. The fourth-order valence-corrected chi connectivity index (χ4v) is 4.56. The monoisotopic (exact) mass is 580 g/mol. The Morgan fingerprint density at radius 1 is 0.930 bits per heavy atom. The Morgan fingerprint density at radius 2 is 1.72 bits per heavy atom. The third-order valence-corrected chi connectivity index (χ3v) is 6.63. The highest BCUT2D eigenvalue weighted by Crippen LogP contribution is 2.34. The smallest absolute Gasteiger partial charge is 0.200 e. The first-order chi connectivity index (χ1) is 20.6. The van der Waals surface area contributed by atoms with Gasteiger partial charge in [0.25, 0.3) is 0 Å². The molecule has 0 unspecified atom stereocenters. The molecule has 0 radical (unpaired) electrons. The van der Waals surface area contributed by atoms with Gasteiger partial charge in [0, 0.05) is 47.4 Å². The number of H-pyrrole nitrogens is 1. The number of fused-ring (bicyclic) bond motifs is 2. The first kappa shape index (κ1) is 27.8. The van der Waals surface area contributed by atoms with E-state index in [1.807, 2.05) is 0 Å². The summed E-state index contributed by atoms with van der Waals surface area (Å²) in [5.74, 6) is 0.113. The number of aromatic nitrogens is 3. The summed E-state index contributed by atoms with van der Waals surface area (Å²) in [5.41, 5.74) is 1.06. The quantitative estimate of drug-likeness (QED) is 0.176. The Balaban J connectivity index is 1.26. The van der Waals surface area contributed by atoms with E-state index in [0.717, 1.165) is 0 Å². The first-order valence-corrected chi connectivity index (χ1v) is 13.4. The van der Waals surface area contributed by atoms with Crippen LogP contribution in [0, 0.1) is 11.6 Å². The molecule has 0 aliphatic carbocycles. The minimum atomic E-state index is -0.988. The molecule has 0 saturated heterocycles. The summed E-state index contributed by atoms with van der Waals surface area (Å²) < 4.78 is 40.3. The molecule has 0 bridgehead atoms. The SMILES string of the molecule is CC(C)(O)COc1ccc2c(Oc3ccc(Nc4nccc5[nH]cc(-c6ccc(F)cc6)c(=O)c45)cc3F)ccnc2c1. The fraction of sp³-hybridized carbons (Fsp3) is 0.121. The number of aliphatic hydroxyl groups is 1. The van der Waals surface area contributed by atoms with E-state index in [0.29, 0.717) is 44.7 Å². The summed E-state index contributed by atoms with van der Waals surface area (Å²) >= 11 is 0. The molecule has 0 fully saturated rings. The van der Waals surface area contributed by atoms with Crippen molar-refractivity contribution in [2.24, 2.45) is 0 Å². The number of rotatable bonds is 8. The number of ether oxygens (including phenoxy) is 2. The summed E-state index contributed by atoms with van der Waals surface area (Å²) in [6.45, 7) is 3.41. The van der Waals surface area contributed by atoms with Crippen LogP contribution >= 0.6 is 0 Å². The van der Waals surface area contributed by atoms with Crippen molar-refractivity contribution in [1.29, 1.82) is 0 Å². The molecule has 0 spiro atoms. The second-order valence-electron chi connectivity index (χ2n) is 10.6. The summed E-state index contributed by atoms with van der Waals surface area (Å²) in [6, 6.07) is 18.5. The summed E-state index contributed by atoms with van der Waals surface area (Å²) in [4.78, 5) is 25.2. The lowest BCUT2D eigenvalue weighted by Gasteiger charge is -2.18. The van der Waals surface area contributed by atoms with E-state index in [-0.39, 0.29) is 29.0 Å². The number of hydrogen-bond acceptors (Lipinski definition) is 7. The molecule has 10 heteroatoms. The Hall–Kier alpha value is -5.35. The van der Waals surface area contributed by atoms with Crippen molar-refractivity contribution >= 4 is 33.3 Å². The summed E-state index contributed by atoms with van der Waals surface area (Å²) in [6.07, 6.45) is 4.65. The standard InChI is InChI=1S/C33H26F2N4O4/c1-33(2,41)18-42-22-8-9-23-27(16-22)36-14-12-28(23)43-29-10-7-21(15-25(29)35)39-32-30-26(11-13-37-32)38-17-24(31(30)40)19-3-5-20(34)6-4-19/h3-17,41H,18H2,1-2H3,(H,37,39)(H,38,40). The highest BCUT2D eigenvalue weighted by molar-refractivity contribution is 5.93. The molecule has 0 saturated carbocycles. The number of aromatic amines is 1. The maximum atomic E-state index is 15.3. The number of anilines is 2. The molecular formula is C33H26F2N4O4. The largest absolute Gasteiger partial charge is 0.491 e. The zero-order valence-corrected chi connectivity index (χ0v) is 23.2. The van der Waals surface area contributed by atoms with Crippen LogP contribution in [0.15, 0.2) is 96.2 Å². The number of nitrogens with zero attached hydrogens (tertiary/aromatic N) is 2. The zero-order valence-electron chi connectivity index (χ0n) is 23.2. The number of hydrogen-bond donors (Lipinski definition) is 3. The van der Waals surface area contributed by atoms with E-state index in [1.54, 1.807) is 62.6 Å². The predicted molar refractivity (Wildman–Crippen MR) is 161 cm³/mol. The highest BCUT2D eigenvalue weighted by atomic mass is 19.1. The fourth-order valence-electron chi connectivity index (χ4n) is 4.56. The lowest BCUT2D eigenvalue weighted by molar-refractivity contribution is 0.0285. The molecule has 0 amide bonds. The van der Waals surface area contributed by atoms with Crippen LogP contribution in [0.5, 0.6) is 17.2 Å². The Bertz CT molecular complexity index is 2020. The number of halogens is 2. The lowest BCUT2D eigenvalue weighted by atomic mass is 10.0. The molecule has 0 atom stereocenters. The minimum absolute atomic E-state index is 0.0114. The molecule has 6 rings (SSSR count). The number of benzene rings is 3. The van der Waals surface area contributed by atoms with Gasteiger partial charge in [-0.1, -0.05) is 12.1 Å². The molecule has 8 nitrogen and oxygen atoms in total. The molecule has 3 heterocycles. The van der Waals surface area contributed by atoms with Gasteiger partial charge in [-0.05, 0) is 67.9 Å². The van der Waals surface area contributed by atoms with Crippen LogP contribution in [0.3, 0.4) is 0 Å². The van der Waals surface area contributed by atoms with Gasteiger partial charge >= 0.3 is 0 Å². The van der Waals surface area contributed by atoms with Crippen LogP contribution in [0.25, 0.3) is 32.9 Å². The highest BCUT2D eigenvalue weighted by Gasteiger charge is 2.16. The van der Waals surface area contributed by atoms with Crippen LogP contribution in [-0.4, -0.2) is 32.3 Å². The van der Waals surface area contributed by atoms with Gasteiger partial charge in [-0.25, -0.2) is 13.8 Å². The van der Waals surface area contributed by atoms with Crippen molar-refractivity contribution in [3.8, 4) is 28.4 Å². The van der Waals surface area contributed by atoms with Crippen molar-refractivity contribution < 1.29 is 23.4 Å². The topological polar surface area (TPSA) is 109 Å². The molecule has 216 valence electrons. The Labute approximate surface area is 244 Å². The molecule has 6 aromatic rings. The zero-order chi connectivity index (χ0) is 30.1. The lowest BCUT2D eigenvalue weighted by Crippen LogP contribution is -2.27. The van der Waals surface area contributed by atoms with Crippen molar-refractivity contribution in [1.82, 2.24) is 15.0 Å². The molecule has 0 aliphatic rings. The molecule has 43 heavy (non-hydrogen) atoms. The first-order valence-electron chi connectivity index (χ1n) is 13.4. The van der Waals surface area contributed by atoms with Crippen LogP contribution in [0.1, 0.15) is 13.8 Å². The predicted octanol–water partition coefficient (Wildman–Crippen LogP) is 7.10. The normalized spacial score (nSPS) is 11.6. The third-order valence-electron chi connectivity index (χ3n) is 6.63. The molecule has 3 aromatic carbocycles. The minimum Gasteiger partial charge on any atom is -0.491 e. The number of pyridine rings is 3. The van der Waals surface area contributed by atoms with E-state index in [4.69, 9.17) is 9.47 Å². The van der Waals surface area contributed by atoms with Crippen molar-refractivity contribution in [2.45, 2.75) is 19.4 Å². The third kappa shape index (κ3) is 6.00. The van der Waals surface area contributed by atoms with E-state index < -0.39 is 17.2 Å². The van der Waals surface area contributed by atoms with Gasteiger partial charge in [0.1, 0.15) is 29.7 Å². The van der Waals surface area contributed by atoms with Gasteiger partial charge in [-0.15, -0.1) is 0 Å². The van der Waals surface area contributed by atoms with Gasteiger partial charge < -0.3 is 24.9 Å². The van der Waals surface area contributed by atoms with Crippen LogP contribution < -0.4 is 20.2 Å². The van der Waals surface area contributed by atoms with Crippen LogP contribution in [0.2, 0.25) is 0 Å². The van der Waals surface area contributed by atoms with Gasteiger partial charge in [0.15, 0.2) is 11.6 Å². The van der Waals surface area contributed by atoms with Gasteiger partial charge in [0.2, 0.25) is 5.43 Å². The van der Waals surface area contributed by atoms with E-state index in [9.17, 15) is 14.3 Å². The second kappa shape index (κ2) is 11.1. The van der Waals surface area contributed by atoms with Crippen LogP contribution in [0.4, 0.5) is 20.3 Å². The van der Waals surface area contributed by atoms with E-state index in [1.165, 1.54) is 42.6 Å². The average Bonchev–Trinajstić information content (AvgIpc) is 2.98. The molecular weight excluding hydrogens is 554 g/mol. The van der Waals surface area contributed by atoms with Crippen molar-refractivity contribution in [2.75, 3.05) is 11.9 Å². The Morgan fingerprint density at radius 3 is 2.49 bits per heavy atom. The van der Waals surface area contributed by atoms with E-state index >= 15 is 4.39 Å². The molecule has 3 aromatic heterocycles. The van der Waals surface area contributed by atoms with Crippen molar-refractivity contribution in [3.05, 3.63) is 113 Å². The van der Waals surface area contributed by atoms with Gasteiger partial charge in [-0.2, -0.15) is 0 Å². The van der Waals surface area contributed by atoms with Crippen molar-refractivity contribution in [3.63, 3.8) is 0 Å². The summed E-state index contributed by atoms with van der Waals surface area (Å²) in [7, 11) is 0. The maximum Gasteiger partial charge on any atom is 0.200 e. The second-order valence-corrected chi connectivity index (χ2v) is 10.6. The average molecular weight is 581 g/mol.